The van der Waals surface area contributed by atoms with Gasteiger partial charge < -0.3 is 28.2 Å². The summed E-state index contributed by atoms with van der Waals surface area (Å²) < 4.78 is 30.4. The summed E-state index contributed by atoms with van der Waals surface area (Å²) in [5.41, 5.74) is 2.54. The van der Waals surface area contributed by atoms with Gasteiger partial charge in [-0.05, 0) is 63.0 Å². The molecule has 0 N–H and O–H groups in total. The highest BCUT2D eigenvalue weighted by molar-refractivity contribution is 5.15. The second-order valence-corrected chi connectivity index (χ2v) is 12.2. The van der Waals surface area contributed by atoms with Crippen molar-refractivity contribution in [2.75, 3.05) is 47.5 Å². The van der Waals surface area contributed by atoms with Crippen LogP contribution in [0.25, 0.3) is 0 Å². The summed E-state index contributed by atoms with van der Waals surface area (Å²) >= 11 is 0. The number of nitrogens with zero attached hydrogens (tertiary/aromatic N) is 1. The van der Waals surface area contributed by atoms with Crippen molar-refractivity contribution < 1.29 is 28.2 Å². The summed E-state index contributed by atoms with van der Waals surface area (Å²) in [4.78, 5) is 0. The molecule has 0 aliphatic rings. The molecule has 0 heterocycles. The Hall–Kier alpha value is -2.96. The third kappa shape index (κ3) is 19.8. The van der Waals surface area contributed by atoms with Crippen LogP contribution in [0.4, 0.5) is 0 Å². The Labute approximate surface area is 262 Å². The first-order chi connectivity index (χ1) is 20.9. The molecular weight excluding hydrogens is 538 g/mol. The Balaban J connectivity index is 1.70. The summed E-state index contributed by atoms with van der Waals surface area (Å²) in [6, 6.07) is 20.7. The van der Waals surface area contributed by atoms with Gasteiger partial charge >= 0.3 is 0 Å². The lowest BCUT2D eigenvalue weighted by atomic mass is 10.0. The molecule has 6 nitrogen and oxygen atoms in total. The summed E-state index contributed by atoms with van der Waals surface area (Å²) in [6.45, 7) is 7.41. The fourth-order valence-corrected chi connectivity index (χ4v) is 4.62. The van der Waals surface area contributed by atoms with E-state index >= 15 is 0 Å². The number of hydrogen-bond donors (Lipinski definition) is 0. The molecule has 3 unspecified atom stereocenters. The fraction of sp³-hybridized carbons (Fsp3) is 0.568. The third-order valence-corrected chi connectivity index (χ3v) is 7.35. The molecule has 0 spiro atoms. The minimum absolute atomic E-state index is 0.116. The van der Waals surface area contributed by atoms with Gasteiger partial charge in [-0.1, -0.05) is 67.6 Å². The molecule has 0 aliphatic heterocycles. The van der Waals surface area contributed by atoms with E-state index in [4.69, 9.17) is 23.7 Å². The van der Waals surface area contributed by atoms with E-state index < -0.39 is 0 Å². The van der Waals surface area contributed by atoms with Crippen molar-refractivity contribution in [1.82, 2.24) is 0 Å². The Morgan fingerprint density at radius 1 is 0.628 bits per heavy atom. The lowest BCUT2D eigenvalue weighted by molar-refractivity contribution is -0.870. The summed E-state index contributed by atoms with van der Waals surface area (Å²) in [6.07, 6.45) is 16.2. The van der Waals surface area contributed by atoms with Crippen molar-refractivity contribution >= 4 is 0 Å². The van der Waals surface area contributed by atoms with Gasteiger partial charge in [0.25, 0.3) is 0 Å². The maximum atomic E-state index is 6.18. The molecule has 3 atom stereocenters. The molecule has 2 aromatic carbocycles. The van der Waals surface area contributed by atoms with Crippen molar-refractivity contribution in [2.45, 2.75) is 89.9 Å². The van der Waals surface area contributed by atoms with Crippen LogP contribution in [0.15, 0.2) is 85.7 Å². The Kier molecular flexibility index (Phi) is 19.0. The van der Waals surface area contributed by atoms with E-state index in [1.807, 2.05) is 24.3 Å². The van der Waals surface area contributed by atoms with Crippen LogP contribution >= 0.6 is 0 Å². The molecule has 43 heavy (non-hydrogen) atoms. The number of hydrogen-bond acceptors (Lipinski definition) is 5. The van der Waals surface area contributed by atoms with Crippen molar-refractivity contribution in [1.29, 1.82) is 0 Å². The van der Waals surface area contributed by atoms with E-state index in [-0.39, 0.29) is 12.2 Å². The Morgan fingerprint density at radius 2 is 1.14 bits per heavy atom. The van der Waals surface area contributed by atoms with Crippen molar-refractivity contribution in [3.63, 3.8) is 0 Å². The van der Waals surface area contributed by atoms with Gasteiger partial charge in [0, 0.05) is 12.8 Å². The molecule has 0 aliphatic carbocycles. The first kappa shape index (κ1) is 36.2. The predicted octanol–water partition coefficient (Wildman–Crippen LogP) is 8.08. The van der Waals surface area contributed by atoms with Crippen LogP contribution in [0, 0.1) is 0 Å². The van der Waals surface area contributed by atoms with E-state index in [1.54, 1.807) is 25.0 Å². The number of rotatable bonds is 25. The first-order valence-corrected chi connectivity index (χ1v) is 16.2. The van der Waals surface area contributed by atoms with Gasteiger partial charge in [0.1, 0.15) is 31.6 Å². The molecule has 0 radical (unpaired) electrons. The SMILES string of the molecule is CCC(CCCC(CCCC(C)O/C=C\OCCc1ccccc1)O/C=C/OCCc1ccccc1)OCC[N+](C)(C)C. The molecule has 2 aromatic rings. The average Bonchev–Trinajstić information content (AvgIpc) is 3.00. The number of ether oxygens (including phenoxy) is 5. The van der Waals surface area contributed by atoms with E-state index in [1.165, 1.54) is 11.1 Å². The third-order valence-electron chi connectivity index (χ3n) is 7.35. The quantitative estimate of drug-likeness (QED) is 0.0659. The van der Waals surface area contributed by atoms with Crippen LogP contribution in [-0.4, -0.2) is 70.3 Å². The zero-order valence-corrected chi connectivity index (χ0v) is 27.5. The number of likely N-dealkylation sites (N-methyl/N-ethyl adjacent to an activating group) is 1. The smallest absolute Gasteiger partial charge is 0.118 e. The van der Waals surface area contributed by atoms with Gasteiger partial charge in [-0.25, -0.2) is 0 Å². The normalized spacial score (nSPS) is 14.1. The van der Waals surface area contributed by atoms with Crippen molar-refractivity contribution in [2.24, 2.45) is 0 Å². The maximum absolute atomic E-state index is 6.18. The number of benzene rings is 2. The van der Waals surface area contributed by atoms with Crippen molar-refractivity contribution in [3.05, 3.63) is 96.8 Å². The summed E-state index contributed by atoms with van der Waals surface area (Å²) in [7, 11) is 6.61. The molecule has 0 saturated heterocycles. The van der Waals surface area contributed by atoms with Gasteiger partial charge in [-0.2, -0.15) is 0 Å². The van der Waals surface area contributed by atoms with E-state index in [2.05, 4.69) is 71.4 Å². The molecule has 0 saturated carbocycles. The second kappa shape index (κ2) is 22.6. The predicted molar refractivity (Wildman–Crippen MR) is 177 cm³/mol. The summed E-state index contributed by atoms with van der Waals surface area (Å²) in [5, 5.41) is 0. The monoisotopic (exact) mass is 596 g/mol. The topological polar surface area (TPSA) is 46.2 Å². The highest BCUT2D eigenvalue weighted by atomic mass is 16.5. The Morgan fingerprint density at radius 3 is 1.67 bits per heavy atom. The zero-order valence-electron chi connectivity index (χ0n) is 27.5. The van der Waals surface area contributed by atoms with Gasteiger partial charge in [0.05, 0.1) is 59.3 Å². The standard InChI is InChI=1S/C37H58NO5/c1-6-36(42-28-25-38(3,4)5)20-14-22-37(43-32-30-40-27-24-35-18-11-8-12-19-35)21-13-15-33(2)41-31-29-39-26-23-34-16-9-7-10-17-34/h7-12,16-19,29-33,36-37H,6,13-15,20-28H2,1-5H3/q+1/b31-29-,32-30+. The lowest BCUT2D eigenvalue weighted by Crippen LogP contribution is -2.38. The van der Waals surface area contributed by atoms with Gasteiger partial charge in [0.2, 0.25) is 0 Å². The zero-order chi connectivity index (χ0) is 31.0. The van der Waals surface area contributed by atoms with Crippen LogP contribution < -0.4 is 0 Å². The van der Waals surface area contributed by atoms with Crippen LogP contribution in [-0.2, 0) is 36.5 Å². The van der Waals surface area contributed by atoms with E-state index in [0.717, 1.165) is 75.4 Å². The van der Waals surface area contributed by atoms with Gasteiger partial charge in [-0.3, -0.25) is 0 Å². The van der Waals surface area contributed by atoms with E-state index in [0.29, 0.717) is 19.3 Å². The maximum Gasteiger partial charge on any atom is 0.118 e. The molecule has 0 bridgehead atoms. The average molecular weight is 597 g/mol. The molecule has 2 rings (SSSR count). The first-order valence-electron chi connectivity index (χ1n) is 16.2. The van der Waals surface area contributed by atoms with Crippen LogP contribution in [0.2, 0.25) is 0 Å². The Bertz CT molecular complexity index is 974. The molecule has 6 heteroatoms. The fourth-order valence-electron chi connectivity index (χ4n) is 4.62. The van der Waals surface area contributed by atoms with Gasteiger partial charge in [-0.15, -0.1) is 0 Å². The molecule has 0 amide bonds. The largest absolute Gasteiger partial charge is 0.498 e. The highest BCUT2D eigenvalue weighted by Gasteiger charge is 2.14. The number of quaternary nitrogens is 1. The molecule has 0 aromatic heterocycles. The van der Waals surface area contributed by atoms with Crippen LogP contribution in [0.1, 0.15) is 69.9 Å². The highest BCUT2D eigenvalue weighted by Crippen LogP contribution is 2.18. The minimum atomic E-state index is 0.116. The molecule has 0 fully saturated rings. The minimum Gasteiger partial charge on any atom is -0.498 e. The second-order valence-electron chi connectivity index (χ2n) is 12.2. The van der Waals surface area contributed by atoms with Gasteiger partial charge in [0.15, 0.2) is 0 Å². The molecular formula is C37H58NO5+. The lowest BCUT2D eigenvalue weighted by Gasteiger charge is -2.25. The van der Waals surface area contributed by atoms with Crippen molar-refractivity contribution in [3.8, 4) is 0 Å². The van der Waals surface area contributed by atoms with Crippen LogP contribution in [0.3, 0.4) is 0 Å². The van der Waals surface area contributed by atoms with E-state index in [9.17, 15) is 0 Å². The summed E-state index contributed by atoms with van der Waals surface area (Å²) in [5.74, 6) is 0. The molecule has 240 valence electrons. The van der Waals surface area contributed by atoms with Crippen LogP contribution in [0.5, 0.6) is 0 Å².